The number of hydrogen-bond acceptors (Lipinski definition) is 2. The van der Waals surface area contributed by atoms with Gasteiger partial charge in [-0.05, 0) is 37.6 Å². The molecule has 0 unspecified atom stereocenters. The second-order valence-corrected chi connectivity index (χ2v) is 2.96. The predicted octanol–water partition coefficient (Wildman–Crippen LogP) is 2.96. The summed E-state index contributed by atoms with van der Waals surface area (Å²) < 4.78 is 10.8. The molecule has 0 aromatic heterocycles. The molecule has 0 saturated carbocycles. The van der Waals surface area contributed by atoms with Crippen LogP contribution < -0.4 is 9.47 Å². The summed E-state index contributed by atoms with van der Waals surface area (Å²) in [6, 6.07) is 5.81. The van der Waals surface area contributed by atoms with Crippen LogP contribution in [0.25, 0.3) is 0 Å². The quantitative estimate of drug-likeness (QED) is 0.668. The smallest absolute Gasteiger partial charge is 0.122 e. The Labute approximate surface area is 85.2 Å². The first-order valence-electron chi connectivity index (χ1n) is 4.75. The minimum atomic E-state index is 0.537. The Morgan fingerprint density at radius 2 is 2.14 bits per heavy atom. The number of rotatable bonds is 5. The topological polar surface area (TPSA) is 18.5 Å². The van der Waals surface area contributed by atoms with Gasteiger partial charge in [0.15, 0.2) is 0 Å². The molecule has 0 fully saturated rings. The van der Waals surface area contributed by atoms with Crippen LogP contribution >= 0.6 is 0 Å². The van der Waals surface area contributed by atoms with Crippen molar-refractivity contribution < 1.29 is 9.47 Å². The molecule has 2 heteroatoms. The molecule has 0 atom stereocenters. The molecule has 0 amide bonds. The van der Waals surface area contributed by atoms with Crippen LogP contribution in [0.1, 0.15) is 12.5 Å². The van der Waals surface area contributed by atoms with Crippen LogP contribution in [0, 0.1) is 6.92 Å². The highest BCUT2D eigenvalue weighted by Gasteiger charge is 2.00. The van der Waals surface area contributed by atoms with E-state index in [-0.39, 0.29) is 0 Å². The molecule has 0 bridgehead atoms. The van der Waals surface area contributed by atoms with Crippen LogP contribution in [-0.4, -0.2) is 13.2 Å². The molecule has 0 N–H and O–H groups in total. The molecule has 14 heavy (non-hydrogen) atoms. The fourth-order valence-corrected chi connectivity index (χ4v) is 1.19. The van der Waals surface area contributed by atoms with Gasteiger partial charge in [-0.3, -0.25) is 0 Å². The van der Waals surface area contributed by atoms with Gasteiger partial charge in [0, 0.05) is 0 Å². The van der Waals surface area contributed by atoms with Crippen molar-refractivity contribution in [1.82, 2.24) is 0 Å². The summed E-state index contributed by atoms with van der Waals surface area (Å²) in [6.45, 7) is 8.80. The lowest BCUT2D eigenvalue weighted by Crippen LogP contribution is -1.96. The van der Waals surface area contributed by atoms with E-state index in [9.17, 15) is 0 Å². The van der Waals surface area contributed by atoms with Crippen molar-refractivity contribution in [3.63, 3.8) is 0 Å². The Balaban J connectivity index is 2.73. The average Bonchev–Trinajstić information content (AvgIpc) is 2.17. The molecule has 2 nitrogen and oxygen atoms in total. The number of hydrogen-bond donors (Lipinski definition) is 0. The standard InChI is InChI=1S/C12H16O2/c1-4-8-14-12-7-6-11(13-5-2)9-10(12)3/h4,6-7,9H,1,5,8H2,2-3H3. The first kappa shape index (κ1) is 10.6. The van der Waals surface area contributed by atoms with Crippen LogP contribution in [0.4, 0.5) is 0 Å². The third kappa shape index (κ3) is 2.80. The summed E-state index contributed by atoms with van der Waals surface area (Å²) in [4.78, 5) is 0. The summed E-state index contributed by atoms with van der Waals surface area (Å²) in [5.41, 5.74) is 1.08. The monoisotopic (exact) mass is 192 g/mol. The number of aryl methyl sites for hydroxylation is 1. The highest BCUT2D eigenvalue weighted by molar-refractivity contribution is 5.39. The molecule has 0 radical (unpaired) electrons. The average molecular weight is 192 g/mol. The van der Waals surface area contributed by atoms with Gasteiger partial charge >= 0.3 is 0 Å². The zero-order valence-electron chi connectivity index (χ0n) is 8.75. The summed E-state index contributed by atoms with van der Waals surface area (Å²) >= 11 is 0. The SMILES string of the molecule is C=CCOc1ccc(OCC)cc1C. The van der Waals surface area contributed by atoms with Crippen molar-refractivity contribution in [1.29, 1.82) is 0 Å². The minimum Gasteiger partial charge on any atom is -0.494 e. The highest BCUT2D eigenvalue weighted by atomic mass is 16.5. The molecule has 1 rings (SSSR count). The molecule has 1 aromatic rings. The fourth-order valence-electron chi connectivity index (χ4n) is 1.19. The first-order chi connectivity index (χ1) is 6.77. The van der Waals surface area contributed by atoms with Gasteiger partial charge in [0.1, 0.15) is 18.1 Å². The Morgan fingerprint density at radius 3 is 2.71 bits per heavy atom. The lowest BCUT2D eigenvalue weighted by atomic mass is 10.2. The summed E-state index contributed by atoms with van der Waals surface area (Å²) in [7, 11) is 0. The Hall–Kier alpha value is -1.44. The maximum Gasteiger partial charge on any atom is 0.122 e. The van der Waals surface area contributed by atoms with Crippen molar-refractivity contribution in [2.45, 2.75) is 13.8 Å². The molecule has 0 spiro atoms. The van der Waals surface area contributed by atoms with Gasteiger partial charge in [-0.25, -0.2) is 0 Å². The van der Waals surface area contributed by atoms with Gasteiger partial charge in [0.05, 0.1) is 6.61 Å². The Kier molecular flexibility index (Phi) is 4.05. The van der Waals surface area contributed by atoms with Gasteiger partial charge in [-0.1, -0.05) is 12.7 Å². The van der Waals surface area contributed by atoms with Gasteiger partial charge in [0.25, 0.3) is 0 Å². The van der Waals surface area contributed by atoms with Gasteiger partial charge < -0.3 is 9.47 Å². The van der Waals surface area contributed by atoms with Crippen molar-refractivity contribution in [2.75, 3.05) is 13.2 Å². The molecule has 0 heterocycles. The van der Waals surface area contributed by atoms with Crippen molar-refractivity contribution in [3.8, 4) is 11.5 Å². The van der Waals surface area contributed by atoms with E-state index in [1.807, 2.05) is 32.0 Å². The first-order valence-corrected chi connectivity index (χ1v) is 4.75. The van der Waals surface area contributed by atoms with E-state index >= 15 is 0 Å². The van der Waals surface area contributed by atoms with Crippen LogP contribution in [-0.2, 0) is 0 Å². The molecule has 0 aliphatic heterocycles. The molecule has 0 aliphatic rings. The minimum absolute atomic E-state index is 0.537. The van der Waals surface area contributed by atoms with Crippen molar-refractivity contribution in [3.05, 3.63) is 36.4 Å². The summed E-state index contributed by atoms with van der Waals surface area (Å²) in [5, 5.41) is 0. The van der Waals surface area contributed by atoms with Gasteiger partial charge in [-0.15, -0.1) is 0 Å². The summed E-state index contributed by atoms with van der Waals surface area (Å²) in [6.07, 6.45) is 1.73. The van der Waals surface area contributed by atoms with Crippen LogP contribution in [0.2, 0.25) is 0 Å². The van der Waals surface area contributed by atoms with Crippen LogP contribution in [0.5, 0.6) is 11.5 Å². The molecule has 76 valence electrons. The lowest BCUT2D eigenvalue weighted by molar-refractivity contribution is 0.335. The maximum absolute atomic E-state index is 5.45. The zero-order chi connectivity index (χ0) is 10.4. The fraction of sp³-hybridized carbons (Fsp3) is 0.333. The molecule has 0 aliphatic carbocycles. The third-order valence-corrected chi connectivity index (χ3v) is 1.81. The van der Waals surface area contributed by atoms with Gasteiger partial charge in [0.2, 0.25) is 0 Å². The number of benzene rings is 1. The normalized spacial score (nSPS) is 9.57. The molecule has 1 aromatic carbocycles. The van der Waals surface area contributed by atoms with E-state index in [1.54, 1.807) is 6.08 Å². The molecule has 0 saturated heterocycles. The zero-order valence-corrected chi connectivity index (χ0v) is 8.75. The Morgan fingerprint density at radius 1 is 1.36 bits per heavy atom. The molecular formula is C12H16O2. The van der Waals surface area contributed by atoms with E-state index in [4.69, 9.17) is 9.47 Å². The highest BCUT2D eigenvalue weighted by Crippen LogP contribution is 2.23. The van der Waals surface area contributed by atoms with E-state index in [1.165, 1.54) is 0 Å². The van der Waals surface area contributed by atoms with E-state index < -0.39 is 0 Å². The maximum atomic E-state index is 5.45. The predicted molar refractivity (Wildman–Crippen MR) is 58.0 cm³/mol. The largest absolute Gasteiger partial charge is 0.494 e. The van der Waals surface area contributed by atoms with Crippen LogP contribution in [0.3, 0.4) is 0 Å². The summed E-state index contributed by atoms with van der Waals surface area (Å²) in [5.74, 6) is 1.77. The second kappa shape index (κ2) is 5.32. The van der Waals surface area contributed by atoms with Crippen LogP contribution in [0.15, 0.2) is 30.9 Å². The van der Waals surface area contributed by atoms with Gasteiger partial charge in [-0.2, -0.15) is 0 Å². The van der Waals surface area contributed by atoms with Crippen molar-refractivity contribution >= 4 is 0 Å². The number of ether oxygens (including phenoxy) is 2. The lowest BCUT2D eigenvalue weighted by Gasteiger charge is -2.09. The second-order valence-electron chi connectivity index (χ2n) is 2.96. The Bertz CT molecular complexity index is 305. The van der Waals surface area contributed by atoms with E-state index in [0.717, 1.165) is 17.1 Å². The van der Waals surface area contributed by atoms with Crippen molar-refractivity contribution in [2.24, 2.45) is 0 Å². The molecular weight excluding hydrogens is 176 g/mol. The van der Waals surface area contributed by atoms with E-state index in [2.05, 4.69) is 6.58 Å². The third-order valence-electron chi connectivity index (χ3n) is 1.81. The van der Waals surface area contributed by atoms with E-state index in [0.29, 0.717) is 13.2 Å².